The topological polar surface area (TPSA) is 41.1 Å². The van der Waals surface area contributed by atoms with Gasteiger partial charge in [-0.05, 0) is 35.4 Å². The fourth-order valence-electron chi connectivity index (χ4n) is 4.22. The van der Waals surface area contributed by atoms with Gasteiger partial charge in [0.15, 0.2) is 0 Å². The van der Waals surface area contributed by atoms with Crippen molar-refractivity contribution in [1.82, 2.24) is 10.6 Å². The number of carbonyl (C=O) groups excluding carboxylic acids is 1. The van der Waals surface area contributed by atoms with Crippen molar-refractivity contribution >= 4 is 17.4 Å². The molecule has 4 heteroatoms. The van der Waals surface area contributed by atoms with Crippen LogP contribution in [-0.2, 0) is 5.41 Å². The van der Waals surface area contributed by atoms with Crippen molar-refractivity contribution in [2.24, 2.45) is 0 Å². The minimum absolute atomic E-state index is 0.0977. The molecule has 0 atom stereocenters. The fraction of sp³-hybridized carbons (Fsp3) is 0.292. The van der Waals surface area contributed by atoms with E-state index in [1.165, 1.54) is 17.7 Å². The van der Waals surface area contributed by atoms with Gasteiger partial charge in [0.2, 0.25) is 0 Å². The molecule has 0 bridgehead atoms. The van der Waals surface area contributed by atoms with Gasteiger partial charge < -0.3 is 10.6 Å². The third kappa shape index (κ3) is 4.12. The molecule has 28 heavy (non-hydrogen) atoms. The van der Waals surface area contributed by atoms with Crippen LogP contribution in [0, 0.1) is 0 Å². The van der Waals surface area contributed by atoms with Crippen molar-refractivity contribution in [3.63, 3.8) is 0 Å². The van der Waals surface area contributed by atoms with E-state index in [1.807, 2.05) is 36.4 Å². The highest BCUT2D eigenvalue weighted by molar-refractivity contribution is 7.10. The fourth-order valence-corrected chi connectivity index (χ4v) is 5.21. The van der Waals surface area contributed by atoms with E-state index in [1.54, 1.807) is 11.3 Å². The van der Waals surface area contributed by atoms with Gasteiger partial charge in [0.1, 0.15) is 0 Å². The summed E-state index contributed by atoms with van der Waals surface area (Å²) < 4.78 is 0. The van der Waals surface area contributed by atoms with E-state index in [0.717, 1.165) is 24.0 Å². The maximum atomic E-state index is 12.8. The van der Waals surface area contributed by atoms with Crippen molar-refractivity contribution in [3.05, 3.63) is 94.2 Å². The molecule has 0 unspecified atom stereocenters. The first-order chi connectivity index (χ1) is 13.8. The number of thiophene rings is 1. The van der Waals surface area contributed by atoms with Crippen molar-refractivity contribution in [2.75, 3.05) is 6.54 Å². The molecular formula is C24H26N2OS. The highest BCUT2D eigenvalue weighted by atomic mass is 32.1. The van der Waals surface area contributed by atoms with Crippen molar-refractivity contribution in [3.8, 4) is 0 Å². The average molecular weight is 391 g/mol. The highest BCUT2D eigenvalue weighted by Crippen LogP contribution is 2.42. The van der Waals surface area contributed by atoms with E-state index in [-0.39, 0.29) is 17.5 Å². The lowest BCUT2D eigenvalue weighted by atomic mass is 9.84. The number of hydrogen-bond donors (Lipinski definition) is 2. The number of nitrogens with one attached hydrogen (secondary N) is 2. The smallest absolute Gasteiger partial charge is 0.315 e. The average Bonchev–Trinajstić information content (AvgIpc) is 3.44. The van der Waals surface area contributed by atoms with E-state index < -0.39 is 0 Å². The van der Waals surface area contributed by atoms with E-state index in [9.17, 15) is 4.79 Å². The SMILES string of the molecule is O=C(NCC1(c2cccs2)CCCC1)NC(c1ccccc1)c1ccccc1. The number of amides is 2. The molecule has 0 aliphatic heterocycles. The van der Waals surface area contributed by atoms with Crippen LogP contribution in [0.5, 0.6) is 0 Å². The molecule has 3 aromatic rings. The van der Waals surface area contributed by atoms with Gasteiger partial charge in [0, 0.05) is 16.8 Å². The van der Waals surface area contributed by atoms with Gasteiger partial charge in [0.25, 0.3) is 0 Å². The molecule has 1 fully saturated rings. The number of carbonyl (C=O) groups is 1. The van der Waals surface area contributed by atoms with Crippen LogP contribution >= 0.6 is 11.3 Å². The van der Waals surface area contributed by atoms with Crippen LogP contribution in [-0.4, -0.2) is 12.6 Å². The van der Waals surface area contributed by atoms with Crippen LogP contribution < -0.4 is 10.6 Å². The molecule has 144 valence electrons. The first-order valence-corrected chi connectivity index (χ1v) is 10.8. The summed E-state index contributed by atoms with van der Waals surface area (Å²) in [5, 5.41) is 8.50. The van der Waals surface area contributed by atoms with Gasteiger partial charge in [-0.3, -0.25) is 0 Å². The molecule has 1 aliphatic carbocycles. The Balaban J connectivity index is 1.48. The van der Waals surface area contributed by atoms with E-state index >= 15 is 0 Å². The van der Waals surface area contributed by atoms with Crippen molar-refractivity contribution in [2.45, 2.75) is 37.1 Å². The van der Waals surface area contributed by atoms with Crippen LogP contribution in [0.3, 0.4) is 0 Å². The predicted octanol–water partition coefficient (Wildman–Crippen LogP) is 5.65. The summed E-state index contributed by atoms with van der Waals surface area (Å²) in [7, 11) is 0. The van der Waals surface area contributed by atoms with Gasteiger partial charge in [-0.1, -0.05) is 79.6 Å². The molecule has 0 radical (unpaired) electrons. The van der Waals surface area contributed by atoms with Gasteiger partial charge in [-0.15, -0.1) is 11.3 Å². The van der Waals surface area contributed by atoms with Gasteiger partial charge in [-0.25, -0.2) is 4.79 Å². The third-order valence-corrected chi connectivity index (χ3v) is 6.85. The second kappa shape index (κ2) is 8.61. The summed E-state index contributed by atoms with van der Waals surface area (Å²) >= 11 is 1.81. The lowest BCUT2D eigenvalue weighted by molar-refractivity contribution is 0.235. The maximum Gasteiger partial charge on any atom is 0.315 e. The summed E-state index contributed by atoms with van der Waals surface area (Å²) in [4.78, 5) is 14.2. The van der Waals surface area contributed by atoms with Gasteiger partial charge in [-0.2, -0.15) is 0 Å². The van der Waals surface area contributed by atoms with Crippen LogP contribution in [0.15, 0.2) is 78.2 Å². The number of urea groups is 1. The summed E-state index contributed by atoms with van der Waals surface area (Å²) in [5.41, 5.74) is 2.26. The molecule has 1 saturated carbocycles. The standard InChI is InChI=1S/C24H26N2OS/c27-23(25-18-24(15-7-8-16-24)21-14-9-17-28-21)26-22(19-10-3-1-4-11-19)20-12-5-2-6-13-20/h1-6,9-14,17,22H,7-8,15-16,18H2,(H2,25,26,27). The monoisotopic (exact) mass is 390 g/mol. The second-order valence-electron chi connectivity index (χ2n) is 7.55. The Morgan fingerprint density at radius 2 is 1.50 bits per heavy atom. The second-order valence-corrected chi connectivity index (χ2v) is 8.49. The van der Waals surface area contributed by atoms with E-state index in [4.69, 9.17) is 0 Å². The van der Waals surface area contributed by atoms with E-state index in [0.29, 0.717) is 6.54 Å². The van der Waals surface area contributed by atoms with Crippen molar-refractivity contribution < 1.29 is 4.79 Å². The molecule has 4 rings (SSSR count). The Morgan fingerprint density at radius 1 is 0.893 bits per heavy atom. The van der Waals surface area contributed by atoms with Crippen LogP contribution in [0.2, 0.25) is 0 Å². The Kier molecular flexibility index (Phi) is 5.77. The zero-order valence-electron chi connectivity index (χ0n) is 15.9. The lowest BCUT2D eigenvalue weighted by Crippen LogP contribution is -2.44. The Morgan fingerprint density at radius 3 is 2.04 bits per heavy atom. The Bertz CT molecular complexity index is 832. The molecule has 2 N–H and O–H groups in total. The zero-order valence-corrected chi connectivity index (χ0v) is 16.8. The van der Waals surface area contributed by atoms with E-state index in [2.05, 4.69) is 52.4 Å². The quantitative estimate of drug-likeness (QED) is 0.561. The Labute approximate surface area is 170 Å². The van der Waals surface area contributed by atoms with Crippen molar-refractivity contribution in [1.29, 1.82) is 0 Å². The van der Waals surface area contributed by atoms with Gasteiger partial charge >= 0.3 is 6.03 Å². The molecule has 3 nitrogen and oxygen atoms in total. The third-order valence-electron chi connectivity index (χ3n) is 5.73. The summed E-state index contributed by atoms with van der Waals surface area (Å²) in [6.07, 6.45) is 4.76. The lowest BCUT2D eigenvalue weighted by Gasteiger charge is -2.29. The summed E-state index contributed by atoms with van der Waals surface area (Å²) in [5.74, 6) is 0. The number of hydrogen-bond acceptors (Lipinski definition) is 2. The normalized spacial score (nSPS) is 15.5. The minimum atomic E-state index is -0.163. The molecule has 1 aliphatic rings. The molecule has 2 amide bonds. The largest absolute Gasteiger partial charge is 0.337 e. The summed E-state index contributed by atoms with van der Waals surface area (Å²) in [6, 6.07) is 24.3. The highest BCUT2D eigenvalue weighted by Gasteiger charge is 2.36. The van der Waals surface area contributed by atoms with Crippen LogP contribution in [0.25, 0.3) is 0 Å². The van der Waals surface area contributed by atoms with Crippen LogP contribution in [0.1, 0.15) is 47.7 Å². The number of rotatable bonds is 6. The molecule has 1 heterocycles. The minimum Gasteiger partial charge on any atom is -0.337 e. The maximum absolute atomic E-state index is 12.8. The zero-order chi connectivity index (χ0) is 19.2. The molecule has 0 saturated heterocycles. The van der Waals surface area contributed by atoms with Crippen LogP contribution in [0.4, 0.5) is 4.79 Å². The molecular weight excluding hydrogens is 364 g/mol. The molecule has 1 aromatic heterocycles. The summed E-state index contributed by atoms with van der Waals surface area (Å²) in [6.45, 7) is 0.690. The first kappa shape index (κ1) is 18.8. The Hall–Kier alpha value is -2.59. The van der Waals surface area contributed by atoms with Gasteiger partial charge in [0.05, 0.1) is 6.04 Å². The molecule has 0 spiro atoms. The first-order valence-electron chi connectivity index (χ1n) is 9.95. The predicted molar refractivity (Wildman–Crippen MR) is 116 cm³/mol. The number of benzene rings is 2. The molecule has 2 aromatic carbocycles.